The highest BCUT2D eigenvalue weighted by atomic mass is 16.5. The standard InChI is InChI=1S/C46H55NO2/c1-5-9-11-16-35(7-3)30-36-21-23-37(24-22-36)40-31-41(38-25-27-43(28-26-38)48-42(8-4)18-12-10-6-2)34-45(33-40)49-44-19-15-17-39(32-44)46-20-13-14-29-47-46/h13-15,17,19-29,31-35,42H,5-12,16,18,30H2,1-4H3. The van der Waals surface area contributed by atoms with Crippen LogP contribution in [-0.2, 0) is 6.42 Å². The summed E-state index contributed by atoms with van der Waals surface area (Å²) in [5, 5.41) is 0. The number of hydrogen-bond acceptors (Lipinski definition) is 3. The molecule has 0 spiro atoms. The van der Waals surface area contributed by atoms with E-state index < -0.39 is 0 Å². The van der Waals surface area contributed by atoms with Gasteiger partial charge in [-0.2, -0.15) is 0 Å². The first-order chi connectivity index (χ1) is 24.1. The van der Waals surface area contributed by atoms with Crippen LogP contribution in [0, 0.1) is 5.92 Å². The van der Waals surface area contributed by atoms with Crippen LogP contribution in [0.25, 0.3) is 33.5 Å². The zero-order valence-electron chi connectivity index (χ0n) is 30.2. The van der Waals surface area contributed by atoms with Crippen molar-refractivity contribution in [2.24, 2.45) is 5.92 Å². The molecule has 256 valence electrons. The van der Waals surface area contributed by atoms with E-state index in [1.807, 2.05) is 36.5 Å². The lowest BCUT2D eigenvalue weighted by atomic mass is 9.90. The van der Waals surface area contributed by atoms with E-state index in [2.05, 4.69) is 112 Å². The topological polar surface area (TPSA) is 31.4 Å². The molecule has 0 aliphatic carbocycles. The van der Waals surface area contributed by atoms with Gasteiger partial charge < -0.3 is 9.47 Å². The molecule has 3 nitrogen and oxygen atoms in total. The minimum atomic E-state index is 0.259. The van der Waals surface area contributed by atoms with Crippen LogP contribution in [-0.4, -0.2) is 11.1 Å². The van der Waals surface area contributed by atoms with E-state index in [0.717, 1.165) is 70.4 Å². The van der Waals surface area contributed by atoms with Gasteiger partial charge in [0.25, 0.3) is 0 Å². The third-order valence-electron chi connectivity index (χ3n) is 9.62. The van der Waals surface area contributed by atoms with Gasteiger partial charge in [0.15, 0.2) is 0 Å². The SMILES string of the molecule is CCCCCC(CC)Cc1ccc(-c2cc(Oc3cccc(-c4ccccn4)c3)cc(-c3ccc(OC(CC)CCCCC)cc3)c2)cc1. The number of benzene rings is 4. The molecule has 0 saturated carbocycles. The second-order valence-corrected chi connectivity index (χ2v) is 13.4. The van der Waals surface area contributed by atoms with Crippen molar-refractivity contribution in [3.8, 4) is 50.8 Å². The van der Waals surface area contributed by atoms with Gasteiger partial charge in [0, 0.05) is 11.8 Å². The summed E-state index contributed by atoms with van der Waals surface area (Å²) in [6, 6.07) is 38.5. The molecule has 0 bridgehead atoms. The number of rotatable bonds is 19. The van der Waals surface area contributed by atoms with Crippen LogP contribution in [0.15, 0.2) is 115 Å². The molecule has 0 radical (unpaired) electrons. The first-order valence-electron chi connectivity index (χ1n) is 18.8. The summed E-state index contributed by atoms with van der Waals surface area (Å²) < 4.78 is 13.0. The zero-order valence-corrected chi connectivity index (χ0v) is 30.2. The van der Waals surface area contributed by atoms with E-state index in [1.165, 1.54) is 62.5 Å². The average molecular weight is 654 g/mol. The van der Waals surface area contributed by atoms with Gasteiger partial charge in [-0.25, -0.2) is 0 Å². The maximum atomic E-state index is 6.59. The summed E-state index contributed by atoms with van der Waals surface area (Å²) in [7, 11) is 0. The van der Waals surface area contributed by atoms with Crippen molar-refractivity contribution < 1.29 is 9.47 Å². The van der Waals surface area contributed by atoms with E-state index in [0.29, 0.717) is 0 Å². The van der Waals surface area contributed by atoms with Gasteiger partial charge in [-0.1, -0.05) is 127 Å². The number of hydrogen-bond donors (Lipinski definition) is 0. The maximum absolute atomic E-state index is 6.59. The summed E-state index contributed by atoms with van der Waals surface area (Å²) in [4.78, 5) is 4.54. The van der Waals surface area contributed by atoms with Crippen molar-refractivity contribution in [1.82, 2.24) is 4.98 Å². The average Bonchev–Trinajstić information content (AvgIpc) is 3.15. The molecule has 4 aromatic carbocycles. The number of pyridine rings is 1. The van der Waals surface area contributed by atoms with Crippen molar-refractivity contribution in [1.29, 1.82) is 0 Å². The Bertz CT molecular complexity index is 1600. The van der Waals surface area contributed by atoms with Gasteiger partial charge >= 0.3 is 0 Å². The van der Waals surface area contributed by atoms with Crippen LogP contribution in [0.2, 0.25) is 0 Å². The van der Waals surface area contributed by atoms with Gasteiger partial charge in [-0.15, -0.1) is 0 Å². The molecule has 0 aliphatic rings. The van der Waals surface area contributed by atoms with E-state index in [4.69, 9.17) is 9.47 Å². The largest absolute Gasteiger partial charge is 0.490 e. The fourth-order valence-electron chi connectivity index (χ4n) is 6.57. The fourth-order valence-corrected chi connectivity index (χ4v) is 6.57. The van der Waals surface area contributed by atoms with Crippen LogP contribution < -0.4 is 9.47 Å². The molecule has 1 heterocycles. The minimum absolute atomic E-state index is 0.259. The highest BCUT2D eigenvalue weighted by molar-refractivity contribution is 5.76. The van der Waals surface area contributed by atoms with Crippen LogP contribution in [0.5, 0.6) is 17.2 Å². The molecule has 0 fully saturated rings. The van der Waals surface area contributed by atoms with Crippen molar-refractivity contribution in [3.63, 3.8) is 0 Å². The zero-order chi connectivity index (χ0) is 34.3. The molecule has 0 N–H and O–H groups in total. The van der Waals surface area contributed by atoms with Gasteiger partial charge in [-0.05, 0) is 114 Å². The van der Waals surface area contributed by atoms with Crippen LogP contribution >= 0.6 is 0 Å². The predicted octanol–water partition coefficient (Wildman–Crippen LogP) is 13.8. The van der Waals surface area contributed by atoms with Gasteiger partial charge in [0.2, 0.25) is 0 Å². The Hall–Kier alpha value is -4.37. The Morgan fingerprint density at radius 3 is 1.84 bits per heavy atom. The van der Waals surface area contributed by atoms with Crippen molar-refractivity contribution in [2.75, 3.05) is 0 Å². The summed E-state index contributed by atoms with van der Waals surface area (Å²) in [5.41, 5.74) is 7.95. The molecular weight excluding hydrogens is 599 g/mol. The monoisotopic (exact) mass is 653 g/mol. The molecule has 3 heteroatoms. The lowest BCUT2D eigenvalue weighted by Gasteiger charge is -2.18. The van der Waals surface area contributed by atoms with Crippen molar-refractivity contribution in [2.45, 2.75) is 104 Å². The number of aromatic nitrogens is 1. The Balaban J connectivity index is 1.41. The second-order valence-electron chi connectivity index (χ2n) is 13.4. The molecule has 1 aromatic heterocycles. The van der Waals surface area contributed by atoms with Crippen LogP contribution in [0.4, 0.5) is 0 Å². The number of ether oxygens (including phenoxy) is 2. The molecule has 0 saturated heterocycles. The number of nitrogens with zero attached hydrogens (tertiary/aromatic N) is 1. The Kier molecular flexibility index (Phi) is 13.9. The molecule has 5 rings (SSSR count). The third kappa shape index (κ3) is 10.8. The van der Waals surface area contributed by atoms with Gasteiger partial charge in [-0.3, -0.25) is 4.98 Å². The highest BCUT2D eigenvalue weighted by Gasteiger charge is 2.12. The van der Waals surface area contributed by atoms with E-state index in [9.17, 15) is 0 Å². The minimum Gasteiger partial charge on any atom is -0.490 e. The predicted molar refractivity (Wildman–Crippen MR) is 208 cm³/mol. The lowest BCUT2D eigenvalue weighted by molar-refractivity contribution is 0.183. The summed E-state index contributed by atoms with van der Waals surface area (Å²) in [6.45, 7) is 9.08. The molecule has 2 unspecified atom stereocenters. The van der Waals surface area contributed by atoms with Crippen molar-refractivity contribution in [3.05, 3.63) is 121 Å². The Morgan fingerprint density at radius 1 is 0.531 bits per heavy atom. The quantitative estimate of drug-likeness (QED) is 0.0831. The fraction of sp³-hybridized carbons (Fsp3) is 0.370. The first-order valence-corrected chi connectivity index (χ1v) is 18.8. The Labute approximate surface area is 295 Å². The highest BCUT2D eigenvalue weighted by Crippen LogP contribution is 2.36. The Morgan fingerprint density at radius 2 is 1.20 bits per heavy atom. The van der Waals surface area contributed by atoms with Crippen LogP contribution in [0.3, 0.4) is 0 Å². The molecule has 0 amide bonds. The molecule has 49 heavy (non-hydrogen) atoms. The van der Waals surface area contributed by atoms with E-state index >= 15 is 0 Å². The molecule has 2 atom stereocenters. The summed E-state index contributed by atoms with van der Waals surface area (Å²) >= 11 is 0. The molecule has 5 aromatic rings. The summed E-state index contributed by atoms with van der Waals surface area (Å²) in [5.74, 6) is 3.27. The molecular formula is C46H55NO2. The van der Waals surface area contributed by atoms with E-state index in [1.54, 1.807) is 0 Å². The van der Waals surface area contributed by atoms with Crippen LogP contribution in [0.1, 0.15) is 97.5 Å². The summed E-state index contributed by atoms with van der Waals surface area (Å²) in [6.07, 6.45) is 15.6. The van der Waals surface area contributed by atoms with Gasteiger partial charge in [0.1, 0.15) is 17.2 Å². The van der Waals surface area contributed by atoms with Gasteiger partial charge in [0.05, 0.1) is 11.8 Å². The van der Waals surface area contributed by atoms with Crippen molar-refractivity contribution >= 4 is 0 Å². The third-order valence-corrected chi connectivity index (χ3v) is 9.62. The maximum Gasteiger partial charge on any atom is 0.128 e. The number of unbranched alkanes of at least 4 members (excludes halogenated alkanes) is 4. The first kappa shape index (κ1) is 35.9. The smallest absolute Gasteiger partial charge is 0.128 e. The van der Waals surface area contributed by atoms with E-state index in [-0.39, 0.29) is 6.10 Å². The second kappa shape index (κ2) is 19.0. The lowest BCUT2D eigenvalue weighted by Crippen LogP contribution is -2.15. The normalized spacial score (nSPS) is 12.4. The molecule has 0 aliphatic heterocycles.